The molecule has 0 aliphatic heterocycles. The summed E-state index contributed by atoms with van der Waals surface area (Å²) in [5, 5.41) is 19.0. The predicted octanol–water partition coefficient (Wildman–Crippen LogP) is 2.60. The minimum Gasteiger partial charge on any atom is -0.378 e. The van der Waals surface area contributed by atoms with Crippen molar-refractivity contribution in [2.75, 3.05) is 26.2 Å². The van der Waals surface area contributed by atoms with Gasteiger partial charge in [0.25, 0.3) is 0 Å². The molecular weight excluding hydrogens is 311 g/mol. The summed E-state index contributed by atoms with van der Waals surface area (Å²) in [6.07, 6.45) is -0.537. The maximum atomic E-state index is 9.51. The van der Waals surface area contributed by atoms with Gasteiger partial charge in [0.05, 0.1) is 0 Å². The van der Waals surface area contributed by atoms with Gasteiger partial charge in [-0.3, -0.25) is 9.80 Å². The molecule has 0 amide bonds. The van der Waals surface area contributed by atoms with Gasteiger partial charge in [0, 0.05) is 16.5 Å². The van der Waals surface area contributed by atoms with Gasteiger partial charge in [-0.05, 0) is 38.0 Å². The SMILES string of the molecule is CCN(CC)C(O)C(C)C.CCN(CC)C(O)C(C)C.[Ni]. The predicted molar refractivity (Wildman–Crippen MR) is 87.5 cm³/mol. The van der Waals surface area contributed by atoms with E-state index in [9.17, 15) is 10.2 Å². The van der Waals surface area contributed by atoms with Gasteiger partial charge in [-0.25, -0.2) is 0 Å². The fraction of sp³-hybridized carbons (Fsp3) is 1.00. The first kappa shape index (κ1) is 26.2. The molecule has 0 heterocycles. The Morgan fingerprint density at radius 3 is 0.857 bits per heavy atom. The van der Waals surface area contributed by atoms with Gasteiger partial charge in [0.1, 0.15) is 12.5 Å². The van der Waals surface area contributed by atoms with Gasteiger partial charge in [-0.15, -0.1) is 0 Å². The van der Waals surface area contributed by atoms with Crippen LogP contribution in [-0.2, 0) is 16.5 Å². The molecule has 0 spiro atoms. The van der Waals surface area contributed by atoms with Crippen molar-refractivity contribution < 1.29 is 26.7 Å². The van der Waals surface area contributed by atoms with E-state index in [4.69, 9.17) is 0 Å². The molecular formula is C16H38N2NiO2. The zero-order valence-corrected chi connectivity index (χ0v) is 16.2. The number of rotatable bonds is 8. The summed E-state index contributed by atoms with van der Waals surface area (Å²) in [4.78, 5) is 4.09. The van der Waals surface area contributed by atoms with Gasteiger partial charge in [0.2, 0.25) is 0 Å². The molecule has 0 fully saturated rings. The molecule has 0 aromatic heterocycles. The zero-order chi connectivity index (χ0) is 16.3. The average molecular weight is 349 g/mol. The van der Waals surface area contributed by atoms with Crippen LogP contribution in [0.15, 0.2) is 0 Å². The maximum Gasteiger partial charge on any atom is 0.109 e. The second kappa shape index (κ2) is 15.2. The van der Waals surface area contributed by atoms with E-state index in [2.05, 4.69) is 27.7 Å². The molecule has 0 aliphatic rings. The maximum absolute atomic E-state index is 9.51. The minimum atomic E-state index is -0.269. The molecule has 0 radical (unpaired) electrons. The Labute approximate surface area is 142 Å². The van der Waals surface area contributed by atoms with Crippen molar-refractivity contribution in [1.82, 2.24) is 9.80 Å². The summed E-state index contributed by atoms with van der Waals surface area (Å²) < 4.78 is 0. The third-order valence-corrected chi connectivity index (χ3v) is 3.57. The fourth-order valence-electron chi connectivity index (χ4n) is 2.04. The summed E-state index contributed by atoms with van der Waals surface area (Å²) in [6.45, 7) is 20.1. The number of aliphatic hydroxyl groups excluding tert-OH is 2. The topological polar surface area (TPSA) is 46.9 Å². The Balaban J connectivity index is -0.000000295. The Morgan fingerprint density at radius 2 is 0.810 bits per heavy atom. The fourth-order valence-corrected chi connectivity index (χ4v) is 2.04. The van der Waals surface area contributed by atoms with Crippen molar-refractivity contribution in [3.63, 3.8) is 0 Å². The van der Waals surface area contributed by atoms with Crippen LogP contribution in [0, 0.1) is 11.8 Å². The van der Waals surface area contributed by atoms with Crippen molar-refractivity contribution in [2.24, 2.45) is 11.8 Å². The van der Waals surface area contributed by atoms with Crippen molar-refractivity contribution >= 4 is 0 Å². The average Bonchev–Trinajstić information content (AvgIpc) is 2.41. The molecule has 134 valence electrons. The molecule has 0 aromatic rings. The minimum absolute atomic E-state index is 0. The van der Waals surface area contributed by atoms with Crippen LogP contribution in [0.1, 0.15) is 55.4 Å². The Bertz CT molecular complexity index is 186. The van der Waals surface area contributed by atoms with Crippen molar-refractivity contribution in [3.05, 3.63) is 0 Å². The Hall–Kier alpha value is 0.334. The van der Waals surface area contributed by atoms with E-state index in [0.29, 0.717) is 11.8 Å². The van der Waals surface area contributed by atoms with E-state index in [1.54, 1.807) is 0 Å². The molecule has 0 saturated carbocycles. The van der Waals surface area contributed by atoms with Crippen LogP contribution in [0.5, 0.6) is 0 Å². The second-order valence-corrected chi connectivity index (χ2v) is 5.76. The van der Waals surface area contributed by atoms with Gasteiger partial charge in [0.15, 0.2) is 0 Å². The molecule has 0 aliphatic carbocycles. The number of nitrogens with zero attached hydrogens (tertiary/aromatic N) is 2. The number of hydrogen-bond acceptors (Lipinski definition) is 4. The van der Waals surface area contributed by atoms with E-state index < -0.39 is 0 Å². The summed E-state index contributed by atoms with van der Waals surface area (Å²) in [5.41, 5.74) is 0. The second-order valence-electron chi connectivity index (χ2n) is 5.76. The summed E-state index contributed by atoms with van der Waals surface area (Å²) in [5.74, 6) is 0.666. The molecule has 0 bridgehead atoms. The first-order valence-electron chi connectivity index (χ1n) is 8.10. The molecule has 0 aromatic carbocycles. The van der Waals surface area contributed by atoms with Crippen molar-refractivity contribution in [3.8, 4) is 0 Å². The van der Waals surface area contributed by atoms with E-state index in [1.165, 1.54) is 0 Å². The third kappa shape index (κ3) is 11.5. The van der Waals surface area contributed by atoms with Crippen LogP contribution in [0.3, 0.4) is 0 Å². The van der Waals surface area contributed by atoms with Gasteiger partial charge in [-0.2, -0.15) is 0 Å². The first-order valence-corrected chi connectivity index (χ1v) is 8.10. The summed E-state index contributed by atoms with van der Waals surface area (Å²) >= 11 is 0. The summed E-state index contributed by atoms with van der Waals surface area (Å²) in [7, 11) is 0. The summed E-state index contributed by atoms with van der Waals surface area (Å²) in [6, 6.07) is 0. The normalized spacial score (nSPS) is 14.0. The van der Waals surface area contributed by atoms with Crippen molar-refractivity contribution in [1.29, 1.82) is 0 Å². The first-order chi connectivity index (χ1) is 9.26. The number of aliphatic hydroxyl groups is 2. The van der Waals surface area contributed by atoms with E-state index in [0.717, 1.165) is 26.2 Å². The number of hydrogen-bond donors (Lipinski definition) is 2. The molecule has 5 heteroatoms. The Morgan fingerprint density at radius 1 is 0.619 bits per heavy atom. The van der Waals surface area contributed by atoms with Crippen LogP contribution in [0.25, 0.3) is 0 Å². The van der Waals surface area contributed by atoms with Crippen molar-refractivity contribution in [2.45, 2.75) is 67.8 Å². The Kier molecular flexibility index (Phi) is 19.0. The molecule has 2 N–H and O–H groups in total. The van der Waals surface area contributed by atoms with Crippen LogP contribution in [0.2, 0.25) is 0 Å². The molecule has 2 unspecified atom stereocenters. The molecule has 21 heavy (non-hydrogen) atoms. The standard InChI is InChI=1S/2C8H19NO.Ni/c2*1-5-9(6-2)8(10)7(3)4;/h2*7-8,10H,5-6H2,1-4H3;. The monoisotopic (exact) mass is 348 g/mol. The largest absolute Gasteiger partial charge is 0.378 e. The molecule has 2 atom stereocenters. The molecule has 0 rings (SSSR count). The smallest absolute Gasteiger partial charge is 0.109 e. The van der Waals surface area contributed by atoms with E-state index >= 15 is 0 Å². The van der Waals surface area contributed by atoms with Gasteiger partial charge < -0.3 is 10.2 Å². The molecule has 0 saturated heterocycles. The van der Waals surface area contributed by atoms with Crippen LogP contribution in [0.4, 0.5) is 0 Å². The third-order valence-electron chi connectivity index (χ3n) is 3.57. The van der Waals surface area contributed by atoms with E-state index in [1.807, 2.05) is 37.5 Å². The zero-order valence-electron chi connectivity index (χ0n) is 15.2. The van der Waals surface area contributed by atoms with E-state index in [-0.39, 0.29) is 28.9 Å². The quantitative estimate of drug-likeness (QED) is 0.522. The van der Waals surface area contributed by atoms with Gasteiger partial charge >= 0.3 is 0 Å². The van der Waals surface area contributed by atoms with Crippen LogP contribution in [-0.4, -0.2) is 58.6 Å². The van der Waals surface area contributed by atoms with Crippen LogP contribution < -0.4 is 0 Å². The molecule has 4 nitrogen and oxygen atoms in total. The van der Waals surface area contributed by atoms with Crippen LogP contribution >= 0.6 is 0 Å². The van der Waals surface area contributed by atoms with Gasteiger partial charge in [-0.1, -0.05) is 55.4 Å².